The van der Waals surface area contributed by atoms with Crippen LogP contribution in [0, 0.1) is 12.3 Å². The lowest BCUT2D eigenvalue weighted by Gasteiger charge is -2.37. The smallest absolute Gasteiger partial charge is 0.237 e. The van der Waals surface area contributed by atoms with E-state index in [1.807, 2.05) is 32.7 Å². The van der Waals surface area contributed by atoms with Crippen LogP contribution in [-0.2, 0) is 11.3 Å². The molecule has 1 aliphatic rings. The average Bonchev–Trinajstić information content (AvgIpc) is 2.66. The topological polar surface area (TPSA) is 35.9 Å². The summed E-state index contributed by atoms with van der Waals surface area (Å²) in [5.74, 6) is 0.231. The molecule has 4 heteroatoms. The molecule has 162 valence electrons. The fourth-order valence-corrected chi connectivity index (χ4v) is 3.63. The van der Waals surface area contributed by atoms with E-state index in [1.54, 1.807) is 0 Å². The monoisotopic (exact) mass is 399 g/mol. The average molecular weight is 400 g/mol. The minimum Gasteiger partial charge on any atom is -0.336 e. The Hall–Kier alpha value is -1.94. The molecule has 0 aromatic heterocycles. The largest absolute Gasteiger partial charge is 0.336 e. The number of piperazine rings is 1. The number of allylic oxidation sites excluding steroid dienone is 2. The van der Waals surface area contributed by atoms with Crippen LogP contribution >= 0.6 is 0 Å². The normalized spacial score (nSPS) is 16.6. The van der Waals surface area contributed by atoms with Crippen molar-refractivity contribution in [2.75, 3.05) is 33.2 Å². The Bertz CT molecular complexity index is 741. The van der Waals surface area contributed by atoms with Gasteiger partial charge in [-0.15, -0.1) is 0 Å². The van der Waals surface area contributed by atoms with Gasteiger partial charge in [0.15, 0.2) is 0 Å². The lowest BCUT2D eigenvalue weighted by atomic mass is 9.95. The lowest BCUT2D eigenvalue weighted by molar-refractivity contribution is -0.137. The molecule has 0 aliphatic carbocycles. The highest BCUT2D eigenvalue weighted by Gasteiger charge is 2.27. The first-order chi connectivity index (χ1) is 13.6. The third-order valence-corrected chi connectivity index (χ3v) is 5.10. The second-order valence-electron chi connectivity index (χ2n) is 8.77. The zero-order valence-corrected chi connectivity index (χ0v) is 20.1. The van der Waals surface area contributed by atoms with Crippen molar-refractivity contribution in [3.8, 4) is 0 Å². The second-order valence-corrected chi connectivity index (χ2v) is 8.77. The Morgan fingerprint density at radius 2 is 1.86 bits per heavy atom. The summed E-state index contributed by atoms with van der Waals surface area (Å²) in [4.78, 5) is 21.3. The Kier molecular flexibility index (Phi) is 9.78. The van der Waals surface area contributed by atoms with Crippen LogP contribution in [-0.4, -0.2) is 54.6 Å². The van der Waals surface area contributed by atoms with Gasteiger partial charge in [-0.2, -0.15) is 0 Å². The molecular formula is C25H41N3O. The third kappa shape index (κ3) is 7.43. The van der Waals surface area contributed by atoms with E-state index in [-0.39, 0.29) is 11.3 Å². The zero-order chi connectivity index (χ0) is 22.2. The van der Waals surface area contributed by atoms with Gasteiger partial charge in [0, 0.05) is 38.8 Å². The predicted octanol–water partition coefficient (Wildman–Crippen LogP) is 5.10. The molecule has 29 heavy (non-hydrogen) atoms. The minimum atomic E-state index is 0.221. The van der Waals surface area contributed by atoms with Crippen molar-refractivity contribution in [1.29, 1.82) is 0 Å². The molecule has 0 spiro atoms. The summed E-state index contributed by atoms with van der Waals surface area (Å²) in [6.07, 6.45) is 2.08. The molecule has 1 amide bonds. The predicted molar refractivity (Wildman–Crippen MR) is 126 cm³/mol. The maximum Gasteiger partial charge on any atom is 0.237 e. The Morgan fingerprint density at radius 3 is 2.34 bits per heavy atom. The van der Waals surface area contributed by atoms with Gasteiger partial charge in [0.05, 0.1) is 12.3 Å². The molecule has 4 nitrogen and oxygen atoms in total. The Balaban J connectivity index is 0.00000204. The van der Waals surface area contributed by atoms with Gasteiger partial charge in [0.2, 0.25) is 5.91 Å². The van der Waals surface area contributed by atoms with Gasteiger partial charge in [-0.1, -0.05) is 52.8 Å². The molecule has 0 unspecified atom stereocenters. The first-order valence-electron chi connectivity index (χ1n) is 10.8. The van der Waals surface area contributed by atoms with Crippen LogP contribution in [0.2, 0.25) is 0 Å². The number of hydrogen-bond donors (Lipinski definition) is 0. The summed E-state index contributed by atoms with van der Waals surface area (Å²) in [7, 11) is 1.83. The zero-order valence-electron chi connectivity index (χ0n) is 20.1. The fourth-order valence-electron chi connectivity index (χ4n) is 3.63. The van der Waals surface area contributed by atoms with E-state index >= 15 is 0 Å². The van der Waals surface area contributed by atoms with E-state index in [9.17, 15) is 4.79 Å². The van der Waals surface area contributed by atoms with Crippen LogP contribution in [0.25, 0.3) is 0 Å². The minimum absolute atomic E-state index is 0.221. The Morgan fingerprint density at radius 1 is 1.21 bits per heavy atom. The molecule has 1 heterocycles. The molecule has 0 saturated carbocycles. The van der Waals surface area contributed by atoms with E-state index in [4.69, 9.17) is 0 Å². The highest BCUT2D eigenvalue weighted by atomic mass is 16.2. The summed E-state index contributed by atoms with van der Waals surface area (Å²) < 4.78 is 0. The maximum atomic E-state index is 12.6. The summed E-state index contributed by atoms with van der Waals surface area (Å²) in [6, 6.07) is 6.45. The van der Waals surface area contributed by atoms with E-state index in [2.05, 4.69) is 68.8 Å². The van der Waals surface area contributed by atoms with Crippen LogP contribution in [0.15, 0.2) is 34.8 Å². The third-order valence-electron chi connectivity index (χ3n) is 5.10. The molecular weight excluding hydrogens is 358 g/mol. The van der Waals surface area contributed by atoms with Crippen molar-refractivity contribution in [3.05, 3.63) is 46.5 Å². The first kappa shape index (κ1) is 25.1. The summed E-state index contributed by atoms with van der Waals surface area (Å²) >= 11 is 0. The van der Waals surface area contributed by atoms with E-state index in [0.29, 0.717) is 13.1 Å². The van der Waals surface area contributed by atoms with Crippen molar-refractivity contribution in [2.24, 2.45) is 10.4 Å². The number of carbonyl (C=O) groups excluding carboxylic acids is 1. The molecule has 0 bridgehead atoms. The van der Waals surface area contributed by atoms with Crippen molar-refractivity contribution < 1.29 is 4.79 Å². The van der Waals surface area contributed by atoms with E-state index in [0.717, 1.165) is 30.9 Å². The number of amides is 1. The summed E-state index contributed by atoms with van der Waals surface area (Å²) in [6.45, 7) is 20.8. The highest BCUT2D eigenvalue weighted by Crippen LogP contribution is 2.20. The Labute approximate surface area is 178 Å². The van der Waals surface area contributed by atoms with Crippen LogP contribution in [0.5, 0.6) is 0 Å². The van der Waals surface area contributed by atoms with Gasteiger partial charge >= 0.3 is 0 Å². The molecule has 2 rings (SSSR count). The van der Waals surface area contributed by atoms with Crippen molar-refractivity contribution in [1.82, 2.24) is 9.80 Å². The molecule has 0 N–H and O–H groups in total. The molecule has 1 aromatic carbocycles. The highest BCUT2D eigenvalue weighted by molar-refractivity contribution is 6.12. The number of hydrogen-bond acceptors (Lipinski definition) is 3. The van der Waals surface area contributed by atoms with Crippen LogP contribution in [0.3, 0.4) is 0 Å². The summed E-state index contributed by atoms with van der Waals surface area (Å²) in [5.41, 5.74) is 5.98. The van der Waals surface area contributed by atoms with Gasteiger partial charge in [0.1, 0.15) is 0 Å². The maximum absolute atomic E-state index is 12.6. The molecule has 1 fully saturated rings. The first-order valence-corrected chi connectivity index (χ1v) is 10.8. The molecule has 1 saturated heterocycles. The number of aryl methyl sites for hydroxylation is 1. The van der Waals surface area contributed by atoms with E-state index in [1.165, 1.54) is 16.7 Å². The molecule has 0 atom stereocenters. The fraction of sp³-hybridized carbons (Fsp3) is 0.600. The summed E-state index contributed by atoms with van der Waals surface area (Å²) in [5, 5.41) is 0. The van der Waals surface area contributed by atoms with Crippen LogP contribution in [0.1, 0.15) is 65.2 Å². The molecule has 1 aromatic rings. The quantitative estimate of drug-likeness (QED) is 0.646. The molecule has 1 aliphatic heterocycles. The van der Waals surface area contributed by atoms with Gasteiger partial charge in [-0.3, -0.25) is 14.7 Å². The second kappa shape index (κ2) is 11.3. The number of carbonyl (C=O) groups is 1. The van der Waals surface area contributed by atoms with Gasteiger partial charge in [-0.25, -0.2) is 0 Å². The van der Waals surface area contributed by atoms with Gasteiger partial charge < -0.3 is 4.90 Å². The van der Waals surface area contributed by atoms with Crippen molar-refractivity contribution >= 4 is 11.6 Å². The van der Waals surface area contributed by atoms with E-state index < -0.39 is 0 Å². The number of nitrogens with zero attached hydrogens (tertiary/aromatic N) is 3. The van der Waals surface area contributed by atoms with Crippen molar-refractivity contribution in [3.63, 3.8) is 0 Å². The van der Waals surface area contributed by atoms with Crippen molar-refractivity contribution in [2.45, 2.75) is 61.9 Å². The SMILES string of the molecule is C/C=C(\C)C(=NC)c1ccc(CN2CCN(CC(C)(C)C)CC2=O)c(C)c1.CC. The van der Waals surface area contributed by atoms with Crippen LogP contribution < -0.4 is 0 Å². The van der Waals surface area contributed by atoms with Gasteiger partial charge in [0.25, 0.3) is 0 Å². The number of benzene rings is 1. The van der Waals surface area contributed by atoms with Gasteiger partial charge in [-0.05, 0) is 49.0 Å². The van der Waals surface area contributed by atoms with Crippen LogP contribution in [0.4, 0.5) is 0 Å². The standard InChI is InChI=1S/C23H35N3O.C2H6/c1-8-17(2)22(24-7)19-9-10-20(18(3)13-19)14-26-12-11-25(15-21(26)27)16-23(4,5)6;1-2/h8-10,13H,11-12,14-16H2,1-7H3;1-2H3/b17-8+,24-22?;. The number of rotatable bonds is 5. The lowest BCUT2D eigenvalue weighted by Crippen LogP contribution is -2.51. The molecule has 0 radical (unpaired) electrons. The number of aliphatic imine (C=N–C) groups is 1.